The molecule has 2 fully saturated rings. The van der Waals surface area contributed by atoms with E-state index in [9.17, 15) is 5.26 Å². The third kappa shape index (κ3) is 7.71. The average Bonchev–Trinajstić information content (AvgIpc) is 3.99. The maximum absolute atomic E-state index is 9.41. The van der Waals surface area contributed by atoms with Crippen LogP contribution in [0.1, 0.15) is 91.0 Å². The van der Waals surface area contributed by atoms with Crippen molar-refractivity contribution in [2.45, 2.75) is 63.2 Å². The Morgan fingerprint density at radius 2 is 0.778 bits per heavy atom. The summed E-state index contributed by atoms with van der Waals surface area (Å²) in [5.74, 6) is 1.35. The van der Waals surface area contributed by atoms with Crippen molar-refractivity contribution in [3.05, 3.63) is 185 Å². The number of nitrogens with zero attached hydrogens (tertiary/aromatic N) is 4. The molecule has 0 amide bonds. The van der Waals surface area contributed by atoms with Crippen molar-refractivity contribution in [2.24, 2.45) is 0 Å². The summed E-state index contributed by atoms with van der Waals surface area (Å²) in [7, 11) is 0. The van der Waals surface area contributed by atoms with Crippen molar-refractivity contribution >= 4 is 52.0 Å². The Morgan fingerprint density at radius 1 is 0.463 bits per heavy atom. The molecular formula is C50H44N4. The van der Waals surface area contributed by atoms with Gasteiger partial charge in [-0.15, -0.1) is 0 Å². The SMILES string of the molecule is [C-]#[N+]c1ccc(N(c2ccc(/C=C/c3ccc(N(c4ccc(C#N)cc4)c4ccc(C5CCCC5)cc4)cc3)cc2)c2ccc(C3CCCC3)cc2)cc1. The molecule has 0 heterocycles. The number of nitriles is 1. The van der Waals surface area contributed by atoms with Crippen LogP contribution in [0.3, 0.4) is 0 Å². The zero-order valence-electron chi connectivity index (χ0n) is 30.6. The van der Waals surface area contributed by atoms with Gasteiger partial charge in [-0.2, -0.15) is 5.26 Å². The van der Waals surface area contributed by atoms with Crippen LogP contribution in [0.25, 0.3) is 17.0 Å². The highest BCUT2D eigenvalue weighted by atomic mass is 15.1. The zero-order valence-corrected chi connectivity index (χ0v) is 30.6. The molecule has 0 saturated heterocycles. The van der Waals surface area contributed by atoms with E-state index in [1.807, 2.05) is 48.5 Å². The minimum absolute atomic E-state index is 0.638. The van der Waals surface area contributed by atoms with Gasteiger partial charge in [0.2, 0.25) is 0 Å². The Bertz CT molecular complexity index is 2090. The topological polar surface area (TPSA) is 34.6 Å². The first-order valence-electron chi connectivity index (χ1n) is 19.3. The fraction of sp³-hybridized carbons (Fsp3) is 0.200. The van der Waals surface area contributed by atoms with Crippen LogP contribution in [-0.4, -0.2) is 0 Å². The maximum atomic E-state index is 9.41. The Kier molecular flexibility index (Phi) is 10.4. The van der Waals surface area contributed by atoms with Crippen LogP contribution >= 0.6 is 0 Å². The van der Waals surface area contributed by atoms with E-state index in [1.165, 1.54) is 62.5 Å². The smallest absolute Gasteiger partial charge is 0.187 e. The predicted molar refractivity (Wildman–Crippen MR) is 225 cm³/mol. The van der Waals surface area contributed by atoms with E-state index in [4.69, 9.17) is 6.57 Å². The number of anilines is 6. The lowest BCUT2D eigenvalue weighted by molar-refractivity contribution is 0.723. The standard InChI is InChI=1S/C50H44N4/c1-52-44-22-34-50(35-23-44)54(49-32-20-43(21-33-49)41-8-4-5-9-41)46-26-14-38(15-27-46)11-10-37-12-24-45(25-13-37)53(47-28-16-39(36-51)17-29-47)48-30-18-42(19-31-48)40-6-2-3-7-40/h10-35,40-41H,2-9H2/b11-10+. The van der Waals surface area contributed by atoms with Crippen LogP contribution in [-0.2, 0) is 0 Å². The summed E-state index contributed by atoms with van der Waals surface area (Å²) in [6.45, 7) is 7.42. The average molecular weight is 701 g/mol. The minimum Gasteiger partial charge on any atom is -0.311 e. The van der Waals surface area contributed by atoms with Crippen molar-refractivity contribution in [1.82, 2.24) is 0 Å². The van der Waals surface area contributed by atoms with Crippen LogP contribution in [0, 0.1) is 17.9 Å². The van der Waals surface area contributed by atoms with Gasteiger partial charge in [0.05, 0.1) is 18.2 Å². The predicted octanol–water partition coefficient (Wildman–Crippen LogP) is 14.5. The van der Waals surface area contributed by atoms with Gasteiger partial charge in [0.15, 0.2) is 5.69 Å². The second kappa shape index (κ2) is 16.1. The van der Waals surface area contributed by atoms with Crippen molar-refractivity contribution < 1.29 is 0 Å². The quantitative estimate of drug-likeness (QED) is 0.105. The lowest BCUT2D eigenvalue weighted by atomic mass is 9.97. The third-order valence-electron chi connectivity index (χ3n) is 11.2. The highest BCUT2D eigenvalue weighted by Gasteiger charge is 2.20. The van der Waals surface area contributed by atoms with Crippen molar-refractivity contribution in [3.63, 3.8) is 0 Å². The fourth-order valence-electron chi connectivity index (χ4n) is 8.23. The van der Waals surface area contributed by atoms with Gasteiger partial charge in [0.25, 0.3) is 0 Å². The van der Waals surface area contributed by atoms with Gasteiger partial charge < -0.3 is 9.80 Å². The lowest BCUT2D eigenvalue weighted by Crippen LogP contribution is -2.10. The van der Waals surface area contributed by atoms with Gasteiger partial charge in [-0.3, -0.25) is 0 Å². The Morgan fingerprint density at radius 3 is 1.11 bits per heavy atom. The molecule has 0 aromatic heterocycles. The largest absolute Gasteiger partial charge is 0.311 e. The normalized spacial score (nSPS) is 14.6. The van der Waals surface area contributed by atoms with Crippen LogP contribution in [0.4, 0.5) is 39.8 Å². The highest BCUT2D eigenvalue weighted by Crippen LogP contribution is 2.40. The van der Waals surface area contributed by atoms with Gasteiger partial charge in [-0.25, -0.2) is 4.85 Å². The first-order chi connectivity index (χ1) is 26.6. The maximum Gasteiger partial charge on any atom is 0.187 e. The molecule has 8 rings (SSSR count). The Balaban J connectivity index is 1.02. The van der Waals surface area contributed by atoms with Crippen LogP contribution in [0.5, 0.6) is 0 Å². The number of hydrogen-bond donors (Lipinski definition) is 0. The van der Waals surface area contributed by atoms with E-state index >= 15 is 0 Å². The molecule has 4 nitrogen and oxygen atoms in total. The van der Waals surface area contributed by atoms with Crippen LogP contribution in [0.15, 0.2) is 146 Å². The first kappa shape index (κ1) is 34.7. The molecule has 4 heteroatoms. The third-order valence-corrected chi connectivity index (χ3v) is 11.2. The molecule has 0 spiro atoms. The molecule has 0 radical (unpaired) electrons. The molecule has 2 aliphatic carbocycles. The number of rotatable bonds is 10. The van der Waals surface area contributed by atoms with Crippen molar-refractivity contribution in [2.75, 3.05) is 9.80 Å². The summed E-state index contributed by atoms with van der Waals surface area (Å²) in [4.78, 5) is 8.13. The molecule has 0 unspecified atom stereocenters. The number of benzene rings is 6. The molecule has 54 heavy (non-hydrogen) atoms. The molecule has 2 saturated carbocycles. The monoisotopic (exact) mass is 700 g/mol. The zero-order chi connectivity index (χ0) is 36.7. The fourth-order valence-corrected chi connectivity index (χ4v) is 8.23. The summed E-state index contributed by atoms with van der Waals surface area (Å²) in [5, 5.41) is 9.41. The molecule has 6 aromatic carbocycles. The van der Waals surface area contributed by atoms with E-state index in [0.717, 1.165) is 45.3 Å². The first-order valence-corrected chi connectivity index (χ1v) is 19.3. The van der Waals surface area contributed by atoms with Crippen molar-refractivity contribution in [1.29, 1.82) is 5.26 Å². The second-order valence-corrected chi connectivity index (χ2v) is 14.6. The number of hydrogen-bond acceptors (Lipinski definition) is 3. The molecule has 6 aromatic rings. The van der Waals surface area contributed by atoms with Gasteiger partial charge in [-0.05, 0) is 145 Å². The summed E-state index contributed by atoms with van der Waals surface area (Å²) < 4.78 is 0. The van der Waals surface area contributed by atoms with Gasteiger partial charge in [0, 0.05) is 34.1 Å². The molecule has 0 aliphatic heterocycles. The molecule has 2 aliphatic rings. The van der Waals surface area contributed by atoms with E-state index in [2.05, 4.69) is 130 Å². The summed E-state index contributed by atoms with van der Waals surface area (Å²) in [5.41, 5.74) is 12.8. The van der Waals surface area contributed by atoms with E-state index in [1.54, 1.807) is 0 Å². The molecule has 0 bridgehead atoms. The van der Waals surface area contributed by atoms with E-state index < -0.39 is 0 Å². The Hall–Kier alpha value is -6.36. The van der Waals surface area contributed by atoms with Gasteiger partial charge in [0.1, 0.15) is 0 Å². The second-order valence-electron chi connectivity index (χ2n) is 14.6. The lowest BCUT2D eigenvalue weighted by Gasteiger charge is -2.26. The Labute approximate surface area is 320 Å². The van der Waals surface area contributed by atoms with Crippen LogP contribution < -0.4 is 9.80 Å². The van der Waals surface area contributed by atoms with Crippen molar-refractivity contribution in [3.8, 4) is 6.07 Å². The van der Waals surface area contributed by atoms with E-state index in [0.29, 0.717) is 23.1 Å². The van der Waals surface area contributed by atoms with Gasteiger partial charge in [-0.1, -0.05) is 98.5 Å². The summed E-state index contributed by atoms with van der Waals surface area (Å²) in [6, 6.07) is 53.4. The molecule has 264 valence electrons. The molecular weight excluding hydrogens is 657 g/mol. The minimum atomic E-state index is 0.638. The molecule has 0 N–H and O–H groups in total. The summed E-state index contributed by atoms with van der Waals surface area (Å²) in [6.07, 6.45) is 14.7. The van der Waals surface area contributed by atoms with Gasteiger partial charge >= 0.3 is 0 Å². The highest BCUT2D eigenvalue weighted by molar-refractivity contribution is 5.80. The summed E-state index contributed by atoms with van der Waals surface area (Å²) >= 11 is 0. The molecule has 0 atom stereocenters. The van der Waals surface area contributed by atoms with E-state index in [-0.39, 0.29) is 0 Å². The van der Waals surface area contributed by atoms with Crippen LogP contribution in [0.2, 0.25) is 0 Å².